The first-order valence-electron chi connectivity index (χ1n) is 14.8. The summed E-state index contributed by atoms with van der Waals surface area (Å²) < 4.78 is 53.3. The van der Waals surface area contributed by atoms with Crippen molar-refractivity contribution >= 4 is 30.1 Å². The molecule has 0 aliphatic carbocycles. The van der Waals surface area contributed by atoms with Gasteiger partial charge in [0.25, 0.3) is 0 Å². The van der Waals surface area contributed by atoms with Crippen LogP contribution in [-0.2, 0) is 47.7 Å². The maximum atomic E-state index is 14.2. The van der Waals surface area contributed by atoms with Crippen molar-refractivity contribution in [1.29, 1.82) is 0 Å². The molecule has 0 bridgehead atoms. The van der Waals surface area contributed by atoms with Crippen molar-refractivity contribution in [2.75, 3.05) is 20.3 Å². The molecule has 1 unspecified atom stereocenters. The summed E-state index contributed by atoms with van der Waals surface area (Å²) in [6.07, 6.45) is -10.3. The molecule has 0 amide bonds. The quantitative estimate of drug-likeness (QED) is 0.150. The van der Waals surface area contributed by atoms with Crippen LogP contribution in [0.15, 0.2) is 5.16 Å². The number of aliphatic hydroxyl groups is 2. The summed E-state index contributed by atoms with van der Waals surface area (Å²) >= 11 is 0. The molecule has 15 heteroatoms. The number of oxime groups is 1. The second-order valence-electron chi connectivity index (χ2n) is 14.9. The standard InChI is InChI=1S/C16H28FNO6.C15H25FO6/c1-15(2,3)13(20)23-9-11(19)12(10(17)8-18-22-7)24-14(21)16(4,5)6;1-14(2,3)12(18)20-7-8-10(9(16)11(17)21-8)22-13(19)15(4,5)6/h8,10-12,19H,9H2,1-7H3;8-11,17H,7H2,1-6H3/t10-,11-,12+;8-,9+,10-,11?/m11/s1. The number of hydrogen-bond acceptors (Lipinski definition) is 13. The van der Waals surface area contributed by atoms with Crippen LogP contribution in [0.5, 0.6) is 0 Å². The van der Waals surface area contributed by atoms with E-state index in [4.69, 9.17) is 23.7 Å². The lowest BCUT2D eigenvalue weighted by atomic mass is 9.97. The van der Waals surface area contributed by atoms with Crippen LogP contribution in [0, 0.1) is 21.7 Å². The number of hydrogen-bond donors (Lipinski definition) is 2. The Hall–Kier alpha value is -2.91. The van der Waals surface area contributed by atoms with Gasteiger partial charge in [-0.05, 0) is 83.1 Å². The molecule has 1 heterocycles. The van der Waals surface area contributed by atoms with E-state index in [1.807, 2.05) is 0 Å². The molecular weight excluding hydrogens is 616 g/mol. The fraction of sp³-hybridized carbons (Fsp3) is 0.839. The van der Waals surface area contributed by atoms with E-state index in [0.717, 1.165) is 6.21 Å². The Labute approximate surface area is 270 Å². The Morgan fingerprint density at radius 1 is 0.826 bits per heavy atom. The highest BCUT2D eigenvalue weighted by Gasteiger charge is 2.49. The summed E-state index contributed by atoms with van der Waals surface area (Å²) in [6, 6.07) is 0. The third-order valence-corrected chi connectivity index (χ3v) is 5.97. The Balaban J connectivity index is 0.000000883. The smallest absolute Gasteiger partial charge is 0.311 e. The van der Waals surface area contributed by atoms with Gasteiger partial charge in [-0.3, -0.25) is 19.2 Å². The summed E-state index contributed by atoms with van der Waals surface area (Å²) in [5.74, 6) is -2.38. The molecule has 0 spiro atoms. The maximum Gasteiger partial charge on any atom is 0.311 e. The molecule has 0 radical (unpaired) electrons. The number of esters is 4. The van der Waals surface area contributed by atoms with E-state index in [2.05, 4.69) is 9.99 Å². The highest BCUT2D eigenvalue weighted by Crippen LogP contribution is 2.29. The number of alkyl halides is 2. The first-order valence-corrected chi connectivity index (χ1v) is 14.8. The molecule has 0 saturated carbocycles. The Kier molecular flexibility index (Phi) is 16.2. The highest BCUT2D eigenvalue weighted by molar-refractivity contribution is 5.77. The van der Waals surface area contributed by atoms with E-state index in [1.54, 1.807) is 83.1 Å². The van der Waals surface area contributed by atoms with Crippen molar-refractivity contribution in [1.82, 2.24) is 0 Å². The van der Waals surface area contributed by atoms with Gasteiger partial charge in [0.15, 0.2) is 30.8 Å². The summed E-state index contributed by atoms with van der Waals surface area (Å²) in [5, 5.41) is 22.8. The molecule has 0 aromatic carbocycles. The molecule has 46 heavy (non-hydrogen) atoms. The van der Waals surface area contributed by atoms with Crippen molar-refractivity contribution in [3.63, 3.8) is 0 Å². The van der Waals surface area contributed by atoms with Crippen LogP contribution < -0.4 is 0 Å². The van der Waals surface area contributed by atoms with Gasteiger partial charge >= 0.3 is 23.9 Å². The lowest BCUT2D eigenvalue weighted by molar-refractivity contribution is -0.174. The predicted molar refractivity (Wildman–Crippen MR) is 162 cm³/mol. The lowest BCUT2D eigenvalue weighted by Gasteiger charge is -2.28. The summed E-state index contributed by atoms with van der Waals surface area (Å²) in [6.45, 7) is 18.8. The number of carbonyl (C=O) groups is 4. The van der Waals surface area contributed by atoms with E-state index in [0.29, 0.717) is 0 Å². The third kappa shape index (κ3) is 14.7. The molecule has 2 N–H and O–H groups in total. The number of aliphatic hydroxyl groups excluding tert-OH is 2. The SMILES string of the molecule is CC(C)(C)C(=O)OC[C@H]1OC(O)[C@@H](F)[C@@H]1OC(=O)C(C)(C)C.CON=C[C@@H](F)[C@H](OC(=O)C(C)(C)C)[C@H](O)COC(=O)C(C)(C)C. The zero-order valence-corrected chi connectivity index (χ0v) is 29.2. The molecule has 1 aliphatic rings. The van der Waals surface area contributed by atoms with Crippen molar-refractivity contribution in [3.8, 4) is 0 Å². The van der Waals surface area contributed by atoms with Crippen LogP contribution in [0.4, 0.5) is 8.78 Å². The van der Waals surface area contributed by atoms with Gasteiger partial charge in [0, 0.05) is 0 Å². The van der Waals surface area contributed by atoms with Crippen LogP contribution >= 0.6 is 0 Å². The Morgan fingerprint density at radius 3 is 1.72 bits per heavy atom. The number of halogens is 2. The van der Waals surface area contributed by atoms with Gasteiger partial charge in [-0.2, -0.15) is 0 Å². The van der Waals surface area contributed by atoms with Crippen LogP contribution in [0.3, 0.4) is 0 Å². The number of nitrogens with zero attached hydrogens (tertiary/aromatic N) is 1. The number of carbonyl (C=O) groups excluding carboxylic acids is 4. The highest BCUT2D eigenvalue weighted by atomic mass is 19.1. The second kappa shape index (κ2) is 17.3. The predicted octanol–water partition coefficient (Wildman–Crippen LogP) is 3.45. The van der Waals surface area contributed by atoms with E-state index in [9.17, 15) is 38.2 Å². The van der Waals surface area contributed by atoms with Gasteiger partial charge < -0.3 is 38.7 Å². The molecule has 268 valence electrons. The number of rotatable bonds is 10. The molecule has 7 atom stereocenters. The minimum atomic E-state index is -1.93. The van der Waals surface area contributed by atoms with Crippen LogP contribution in [-0.4, -0.2) is 104 Å². The minimum absolute atomic E-state index is 0.296. The van der Waals surface area contributed by atoms with Gasteiger partial charge in [0.2, 0.25) is 0 Å². The van der Waals surface area contributed by atoms with Crippen molar-refractivity contribution in [3.05, 3.63) is 0 Å². The summed E-state index contributed by atoms with van der Waals surface area (Å²) in [7, 11) is 1.22. The zero-order chi connectivity index (χ0) is 36.4. The third-order valence-electron chi connectivity index (χ3n) is 5.97. The molecule has 1 rings (SSSR count). The van der Waals surface area contributed by atoms with E-state index in [1.165, 1.54) is 7.11 Å². The molecule has 13 nitrogen and oxygen atoms in total. The van der Waals surface area contributed by atoms with Gasteiger partial charge in [0.05, 0.1) is 27.9 Å². The van der Waals surface area contributed by atoms with Crippen molar-refractivity contribution in [2.45, 2.75) is 126 Å². The Morgan fingerprint density at radius 2 is 1.28 bits per heavy atom. The van der Waals surface area contributed by atoms with E-state index >= 15 is 0 Å². The zero-order valence-electron chi connectivity index (χ0n) is 29.2. The fourth-order valence-corrected chi connectivity index (χ4v) is 2.98. The van der Waals surface area contributed by atoms with Crippen molar-refractivity contribution < 1.29 is 66.7 Å². The van der Waals surface area contributed by atoms with Crippen molar-refractivity contribution in [2.24, 2.45) is 26.8 Å². The average Bonchev–Trinajstić information content (AvgIpc) is 3.17. The van der Waals surface area contributed by atoms with Gasteiger partial charge in [0.1, 0.15) is 32.5 Å². The van der Waals surface area contributed by atoms with Gasteiger partial charge in [-0.1, -0.05) is 5.16 Å². The molecule has 0 aromatic heterocycles. The van der Waals surface area contributed by atoms with Crippen LogP contribution in [0.25, 0.3) is 0 Å². The van der Waals surface area contributed by atoms with Gasteiger partial charge in [-0.25, -0.2) is 8.78 Å². The molecule has 1 fully saturated rings. The minimum Gasteiger partial charge on any atom is -0.462 e. The maximum absolute atomic E-state index is 14.2. The molecule has 1 aliphatic heterocycles. The largest absolute Gasteiger partial charge is 0.462 e. The normalized spacial score (nSPS) is 22.5. The first kappa shape index (κ1) is 43.1. The summed E-state index contributed by atoms with van der Waals surface area (Å²) in [5.41, 5.74) is -3.20. The first-order chi connectivity index (χ1) is 20.6. The number of ether oxygens (including phenoxy) is 5. The fourth-order valence-electron chi connectivity index (χ4n) is 2.98. The van der Waals surface area contributed by atoms with E-state index in [-0.39, 0.29) is 6.61 Å². The molecule has 1 saturated heterocycles. The van der Waals surface area contributed by atoms with Gasteiger partial charge in [-0.15, -0.1) is 0 Å². The average molecular weight is 670 g/mol. The topological polar surface area (TPSA) is 176 Å². The van der Waals surface area contributed by atoms with Crippen LogP contribution in [0.2, 0.25) is 0 Å². The second-order valence-corrected chi connectivity index (χ2v) is 14.9. The monoisotopic (exact) mass is 669 g/mol. The molecule has 0 aromatic rings. The summed E-state index contributed by atoms with van der Waals surface area (Å²) in [4.78, 5) is 51.7. The van der Waals surface area contributed by atoms with Crippen LogP contribution in [0.1, 0.15) is 83.1 Å². The lowest BCUT2D eigenvalue weighted by Crippen LogP contribution is -2.45. The Bertz CT molecular complexity index is 1040. The van der Waals surface area contributed by atoms with E-state index < -0.39 is 95.2 Å². The molecular formula is C31H53F2NO12.